The van der Waals surface area contributed by atoms with Gasteiger partial charge in [-0.3, -0.25) is 9.39 Å². The van der Waals surface area contributed by atoms with Crippen LogP contribution in [0.4, 0.5) is 0 Å². The predicted octanol–water partition coefficient (Wildman–Crippen LogP) is 2.90. The van der Waals surface area contributed by atoms with Crippen molar-refractivity contribution in [1.29, 1.82) is 0 Å². The molecule has 3 heterocycles. The summed E-state index contributed by atoms with van der Waals surface area (Å²) in [5.41, 5.74) is 1.18. The maximum atomic E-state index is 6.06. The molecular formula is C18H29N5OS. The smallest absolute Gasteiger partial charge is 0.193 e. The molecule has 0 bridgehead atoms. The Morgan fingerprint density at radius 1 is 1.44 bits per heavy atom. The van der Waals surface area contributed by atoms with E-state index in [1.54, 1.807) is 18.4 Å². The number of aliphatic imine (C=N–C) groups is 1. The first-order valence-corrected chi connectivity index (χ1v) is 9.82. The van der Waals surface area contributed by atoms with Gasteiger partial charge in [-0.15, -0.1) is 11.3 Å². The van der Waals surface area contributed by atoms with Crippen LogP contribution in [0.5, 0.6) is 0 Å². The molecule has 1 fully saturated rings. The van der Waals surface area contributed by atoms with Gasteiger partial charge >= 0.3 is 0 Å². The van der Waals surface area contributed by atoms with E-state index in [-0.39, 0.29) is 11.5 Å². The van der Waals surface area contributed by atoms with Crippen LogP contribution in [0.1, 0.15) is 39.3 Å². The summed E-state index contributed by atoms with van der Waals surface area (Å²) in [4.78, 5) is 9.95. The highest BCUT2D eigenvalue weighted by Crippen LogP contribution is 2.33. The summed E-state index contributed by atoms with van der Waals surface area (Å²) < 4.78 is 8.11. The fourth-order valence-corrected chi connectivity index (χ4v) is 4.21. The van der Waals surface area contributed by atoms with Gasteiger partial charge in [0, 0.05) is 43.9 Å². The quantitative estimate of drug-likeness (QED) is 0.648. The summed E-state index contributed by atoms with van der Waals surface area (Å²) in [6.07, 6.45) is 6.70. The lowest BCUT2D eigenvalue weighted by Gasteiger charge is -2.40. The largest absolute Gasteiger partial charge is 0.377 e. The zero-order valence-corrected chi connectivity index (χ0v) is 16.4. The Bertz CT molecular complexity index is 686. The number of thiazole rings is 1. The molecule has 0 amide bonds. The lowest BCUT2D eigenvalue weighted by Crippen LogP contribution is -2.47. The van der Waals surface area contributed by atoms with E-state index in [1.807, 2.05) is 16.0 Å². The maximum Gasteiger partial charge on any atom is 0.193 e. The fraction of sp³-hybridized carbons (Fsp3) is 0.667. The molecule has 0 spiro atoms. The van der Waals surface area contributed by atoms with Crippen molar-refractivity contribution in [2.45, 2.75) is 46.3 Å². The van der Waals surface area contributed by atoms with Gasteiger partial charge < -0.3 is 15.4 Å². The lowest BCUT2D eigenvalue weighted by atomic mass is 9.78. The van der Waals surface area contributed by atoms with E-state index in [2.05, 4.69) is 47.6 Å². The molecule has 7 heteroatoms. The third-order valence-electron chi connectivity index (χ3n) is 4.63. The number of fused-ring (bicyclic) bond motifs is 1. The van der Waals surface area contributed by atoms with Gasteiger partial charge in [-0.2, -0.15) is 0 Å². The van der Waals surface area contributed by atoms with E-state index in [4.69, 9.17) is 4.74 Å². The molecule has 0 aromatic carbocycles. The number of ether oxygens (including phenoxy) is 1. The van der Waals surface area contributed by atoms with Crippen molar-refractivity contribution in [3.05, 3.63) is 23.5 Å². The molecule has 0 aliphatic carbocycles. The normalized spacial score (nSPS) is 22.3. The Balaban J connectivity index is 1.52. The van der Waals surface area contributed by atoms with E-state index in [1.165, 1.54) is 6.42 Å². The number of imidazole rings is 1. The third kappa shape index (κ3) is 4.52. The second kappa shape index (κ2) is 7.74. The molecule has 2 atom stereocenters. The van der Waals surface area contributed by atoms with Gasteiger partial charge in [-0.1, -0.05) is 20.8 Å². The Kier molecular flexibility index (Phi) is 5.64. The SMILES string of the molecule is CN=C(NCc1cn2ccsc2n1)NCC1CCCOC1C(C)(C)C. The number of nitrogens with zero attached hydrogens (tertiary/aromatic N) is 3. The van der Waals surface area contributed by atoms with E-state index in [0.717, 1.165) is 36.2 Å². The molecule has 2 unspecified atom stereocenters. The Labute approximate surface area is 153 Å². The van der Waals surface area contributed by atoms with Crippen LogP contribution in [0, 0.1) is 11.3 Å². The standard InChI is InChI=1S/C18H29N5OS/c1-18(2,3)15-13(6-5-8-24-15)10-20-16(19-4)21-11-14-12-23-7-9-25-17(23)22-14/h7,9,12-13,15H,5-6,8,10-11H2,1-4H3,(H2,19,20,21). The van der Waals surface area contributed by atoms with Crippen molar-refractivity contribution in [2.24, 2.45) is 16.3 Å². The fourth-order valence-electron chi connectivity index (χ4n) is 3.49. The molecular weight excluding hydrogens is 334 g/mol. The summed E-state index contributed by atoms with van der Waals surface area (Å²) in [7, 11) is 1.81. The van der Waals surface area contributed by atoms with Crippen molar-refractivity contribution in [1.82, 2.24) is 20.0 Å². The minimum atomic E-state index is 0.159. The third-order valence-corrected chi connectivity index (χ3v) is 5.40. The van der Waals surface area contributed by atoms with Gasteiger partial charge in [0.1, 0.15) is 0 Å². The first kappa shape index (κ1) is 18.2. The molecule has 138 valence electrons. The molecule has 2 aromatic rings. The average molecular weight is 364 g/mol. The van der Waals surface area contributed by atoms with Crippen molar-refractivity contribution < 1.29 is 4.74 Å². The van der Waals surface area contributed by atoms with Gasteiger partial charge in [0.15, 0.2) is 10.9 Å². The number of nitrogens with one attached hydrogen (secondary N) is 2. The van der Waals surface area contributed by atoms with E-state index < -0.39 is 0 Å². The van der Waals surface area contributed by atoms with Crippen LogP contribution in [0.15, 0.2) is 22.8 Å². The Morgan fingerprint density at radius 3 is 3.00 bits per heavy atom. The molecule has 6 nitrogen and oxygen atoms in total. The molecule has 25 heavy (non-hydrogen) atoms. The Hall–Kier alpha value is -1.60. The summed E-state index contributed by atoms with van der Waals surface area (Å²) in [6.45, 7) is 9.19. The predicted molar refractivity (Wildman–Crippen MR) is 103 cm³/mol. The van der Waals surface area contributed by atoms with Gasteiger partial charge in [-0.25, -0.2) is 4.98 Å². The summed E-state index contributed by atoms with van der Waals surface area (Å²) in [6, 6.07) is 0. The lowest BCUT2D eigenvalue weighted by molar-refractivity contribution is -0.0835. The van der Waals surface area contributed by atoms with Crippen molar-refractivity contribution in [2.75, 3.05) is 20.2 Å². The molecule has 0 radical (unpaired) electrons. The minimum Gasteiger partial charge on any atom is -0.377 e. The van der Waals surface area contributed by atoms with E-state index in [9.17, 15) is 0 Å². The van der Waals surface area contributed by atoms with Crippen LogP contribution in [0.2, 0.25) is 0 Å². The van der Waals surface area contributed by atoms with Crippen LogP contribution in [-0.2, 0) is 11.3 Å². The molecule has 1 aliphatic rings. The van der Waals surface area contributed by atoms with Crippen LogP contribution in [0.3, 0.4) is 0 Å². The molecule has 1 aliphatic heterocycles. The molecule has 0 saturated carbocycles. The van der Waals surface area contributed by atoms with Gasteiger partial charge in [0.05, 0.1) is 18.3 Å². The van der Waals surface area contributed by atoms with Gasteiger partial charge in [0.25, 0.3) is 0 Å². The maximum absolute atomic E-state index is 6.06. The first-order chi connectivity index (χ1) is 12.0. The van der Waals surface area contributed by atoms with E-state index in [0.29, 0.717) is 12.5 Å². The second-order valence-corrected chi connectivity index (χ2v) is 8.56. The highest BCUT2D eigenvalue weighted by molar-refractivity contribution is 7.15. The van der Waals surface area contributed by atoms with Crippen LogP contribution in [-0.4, -0.2) is 41.6 Å². The summed E-state index contributed by atoms with van der Waals surface area (Å²) in [5, 5.41) is 8.86. The van der Waals surface area contributed by atoms with Gasteiger partial charge in [-0.05, 0) is 18.3 Å². The first-order valence-electron chi connectivity index (χ1n) is 8.94. The molecule has 1 saturated heterocycles. The monoisotopic (exact) mass is 363 g/mol. The highest BCUT2D eigenvalue weighted by Gasteiger charge is 2.35. The highest BCUT2D eigenvalue weighted by atomic mass is 32.1. The molecule has 2 aromatic heterocycles. The average Bonchev–Trinajstić information content (AvgIpc) is 3.16. The summed E-state index contributed by atoms with van der Waals surface area (Å²) in [5.74, 6) is 1.32. The zero-order valence-electron chi connectivity index (χ0n) is 15.6. The number of rotatable bonds is 4. The van der Waals surface area contributed by atoms with Crippen molar-refractivity contribution in [3.8, 4) is 0 Å². The number of guanidine groups is 1. The summed E-state index contributed by atoms with van der Waals surface area (Å²) >= 11 is 1.64. The molecule has 3 rings (SSSR count). The Morgan fingerprint density at radius 2 is 2.28 bits per heavy atom. The van der Waals surface area contributed by atoms with Crippen LogP contribution >= 0.6 is 11.3 Å². The van der Waals surface area contributed by atoms with Crippen LogP contribution < -0.4 is 10.6 Å². The minimum absolute atomic E-state index is 0.159. The zero-order chi connectivity index (χ0) is 17.9. The number of aromatic nitrogens is 2. The topological polar surface area (TPSA) is 63.0 Å². The number of hydrogen-bond acceptors (Lipinski definition) is 4. The number of hydrogen-bond donors (Lipinski definition) is 2. The molecule has 2 N–H and O–H groups in total. The van der Waals surface area contributed by atoms with Crippen LogP contribution in [0.25, 0.3) is 4.96 Å². The van der Waals surface area contributed by atoms with Crippen molar-refractivity contribution in [3.63, 3.8) is 0 Å². The second-order valence-electron chi connectivity index (χ2n) is 7.69. The van der Waals surface area contributed by atoms with Gasteiger partial charge in [0.2, 0.25) is 0 Å². The van der Waals surface area contributed by atoms with E-state index >= 15 is 0 Å². The van der Waals surface area contributed by atoms with Crippen molar-refractivity contribution >= 4 is 22.3 Å².